The van der Waals surface area contributed by atoms with Crippen molar-refractivity contribution >= 4 is 17.7 Å². The molecule has 0 spiro atoms. The van der Waals surface area contributed by atoms with Gasteiger partial charge in [0.25, 0.3) is 5.91 Å². The van der Waals surface area contributed by atoms with Gasteiger partial charge in [0.05, 0.1) is 0 Å². The molecule has 1 unspecified atom stereocenters. The van der Waals surface area contributed by atoms with E-state index in [0.717, 1.165) is 36.0 Å². The Hall–Kier alpha value is -2.37. The summed E-state index contributed by atoms with van der Waals surface area (Å²) < 4.78 is 0. The summed E-state index contributed by atoms with van der Waals surface area (Å²) in [5.41, 5.74) is 2.63. The standard InChI is InChI=1S/C20H27N3O3/c1-13-6-3-7-14(2)18(13)19(25)21-15-8-5-11-23(12-15)20(26)16-9-4-10-17(24)22-16/h3,6-7,15-16H,4-5,8-12H2,1-2H3,(H,21,25)(H,22,24)/t15?,16-/m1/s1. The highest BCUT2D eigenvalue weighted by atomic mass is 16.2. The lowest BCUT2D eigenvalue weighted by molar-refractivity contribution is -0.139. The lowest BCUT2D eigenvalue weighted by Crippen LogP contribution is -2.56. The Morgan fingerprint density at radius 2 is 1.88 bits per heavy atom. The maximum Gasteiger partial charge on any atom is 0.252 e. The van der Waals surface area contributed by atoms with Gasteiger partial charge in [0, 0.05) is 31.1 Å². The van der Waals surface area contributed by atoms with Crippen LogP contribution in [0.4, 0.5) is 0 Å². The van der Waals surface area contributed by atoms with Crippen LogP contribution in [0.5, 0.6) is 0 Å². The normalized spacial score (nSPS) is 23.3. The summed E-state index contributed by atoms with van der Waals surface area (Å²) in [7, 11) is 0. The molecule has 140 valence electrons. The first-order valence-electron chi connectivity index (χ1n) is 9.41. The maximum atomic E-state index is 12.7. The van der Waals surface area contributed by atoms with Crippen molar-refractivity contribution in [1.82, 2.24) is 15.5 Å². The van der Waals surface area contributed by atoms with Crippen LogP contribution >= 0.6 is 0 Å². The predicted octanol–water partition coefficient (Wildman–Crippen LogP) is 1.69. The SMILES string of the molecule is Cc1cccc(C)c1C(=O)NC1CCCN(C(=O)[C@H]2CCCC(=O)N2)C1. The molecule has 3 amide bonds. The zero-order valence-corrected chi connectivity index (χ0v) is 15.5. The minimum absolute atomic E-state index is 0.0240. The van der Waals surface area contributed by atoms with Crippen molar-refractivity contribution in [3.05, 3.63) is 34.9 Å². The number of carbonyl (C=O) groups is 3. The van der Waals surface area contributed by atoms with Gasteiger partial charge in [0.2, 0.25) is 11.8 Å². The van der Waals surface area contributed by atoms with Crippen molar-refractivity contribution in [2.45, 2.75) is 58.0 Å². The molecule has 2 atom stereocenters. The Morgan fingerprint density at radius 3 is 2.58 bits per heavy atom. The Morgan fingerprint density at radius 1 is 1.15 bits per heavy atom. The van der Waals surface area contributed by atoms with Crippen LogP contribution in [0.1, 0.15) is 53.6 Å². The fraction of sp³-hybridized carbons (Fsp3) is 0.550. The molecule has 0 bridgehead atoms. The molecule has 1 aromatic rings. The Bertz CT molecular complexity index is 696. The van der Waals surface area contributed by atoms with Gasteiger partial charge in [-0.15, -0.1) is 0 Å². The summed E-state index contributed by atoms with van der Waals surface area (Å²) >= 11 is 0. The number of hydrogen-bond acceptors (Lipinski definition) is 3. The molecule has 0 radical (unpaired) electrons. The van der Waals surface area contributed by atoms with Gasteiger partial charge in [0.1, 0.15) is 6.04 Å². The molecule has 6 heteroatoms. The van der Waals surface area contributed by atoms with E-state index in [1.807, 2.05) is 32.0 Å². The molecular formula is C20H27N3O3. The first-order chi connectivity index (χ1) is 12.5. The van der Waals surface area contributed by atoms with Gasteiger partial charge in [-0.05, 0) is 50.7 Å². The van der Waals surface area contributed by atoms with E-state index < -0.39 is 6.04 Å². The summed E-state index contributed by atoms with van der Waals surface area (Å²) in [5, 5.41) is 5.89. The van der Waals surface area contributed by atoms with E-state index in [2.05, 4.69) is 10.6 Å². The highest BCUT2D eigenvalue weighted by Crippen LogP contribution is 2.18. The monoisotopic (exact) mass is 357 g/mol. The molecule has 6 nitrogen and oxygen atoms in total. The van der Waals surface area contributed by atoms with Crippen LogP contribution in [0.3, 0.4) is 0 Å². The van der Waals surface area contributed by atoms with Crippen LogP contribution in [0, 0.1) is 13.8 Å². The van der Waals surface area contributed by atoms with Crippen molar-refractivity contribution in [2.75, 3.05) is 13.1 Å². The Labute approximate surface area is 154 Å². The smallest absolute Gasteiger partial charge is 0.252 e. The number of likely N-dealkylation sites (tertiary alicyclic amines) is 1. The average Bonchev–Trinajstić information content (AvgIpc) is 2.61. The first kappa shape index (κ1) is 18.4. The van der Waals surface area contributed by atoms with E-state index >= 15 is 0 Å². The highest BCUT2D eigenvalue weighted by molar-refractivity contribution is 5.97. The van der Waals surface area contributed by atoms with Crippen LogP contribution < -0.4 is 10.6 Å². The minimum atomic E-state index is -0.413. The number of aryl methyl sites for hydroxylation is 2. The maximum absolute atomic E-state index is 12.7. The van der Waals surface area contributed by atoms with Crippen LogP contribution in [0.2, 0.25) is 0 Å². The minimum Gasteiger partial charge on any atom is -0.348 e. The van der Waals surface area contributed by atoms with Gasteiger partial charge in [-0.3, -0.25) is 14.4 Å². The third-order valence-corrected chi connectivity index (χ3v) is 5.31. The summed E-state index contributed by atoms with van der Waals surface area (Å²) in [6.07, 6.45) is 3.66. The third kappa shape index (κ3) is 4.06. The second-order valence-corrected chi connectivity index (χ2v) is 7.38. The summed E-state index contributed by atoms with van der Waals surface area (Å²) in [6.45, 7) is 5.05. The second-order valence-electron chi connectivity index (χ2n) is 7.38. The summed E-state index contributed by atoms with van der Waals surface area (Å²) in [4.78, 5) is 38.8. The first-order valence-corrected chi connectivity index (χ1v) is 9.41. The summed E-state index contributed by atoms with van der Waals surface area (Å²) in [5.74, 6) is -0.151. The van der Waals surface area contributed by atoms with E-state index in [1.54, 1.807) is 4.90 Å². The number of amides is 3. The molecule has 2 aliphatic heterocycles. The number of benzene rings is 1. The van der Waals surface area contributed by atoms with E-state index in [4.69, 9.17) is 0 Å². The van der Waals surface area contributed by atoms with Crippen LogP contribution in [-0.2, 0) is 9.59 Å². The molecule has 3 rings (SSSR count). The molecule has 2 heterocycles. The van der Waals surface area contributed by atoms with Gasteiger partial charge in [-0.2, -0.15) is 0 Å². The second kappa shape index (κ2) is 7.89. The summed E-state index contributed by atoms with van der Waals surface area (Å²) in [6, 6.07) is 5.35. The van der Waals surface area contributed by atoms with Crippen molar-refractivity contribution in [3.8, 4) is 0 Å². The molecule has 2 N–H and O–H groups in total. The number of piperidine rings is 2. The van der Waals surface area contributed by atoms with Gasteiger partial charge in [-0.1, -0.05) is 18.2 Å². The van der Waals surface area contributed by atoms with Gasteiger partial charge >= 0.3 is 0 Å². The molecule has 0 saturated carbocycles. The average molecular weight is 357 g/mol. The van der Waals surface area contributed by atoms with Crippen molar-refractivity contribution in [3.63, 3.8) is 0 Å². The van der Waals surface area contributed by atoms with Crippen LogP contribution in [0.15, 0.2) is 18.2 Å². The molecule has 2 aliphatic rings. The van der Waals surface area contributed by atoms with E-state index in [1.165, 1.54) is 0 Å². The van der Waals surface area contributed by atoms with E-state index in [-0.39, 0.29) is 23.8 Å². The highest BCUT2D eigenvalue weighted by Gasteiger charge is 2.32. The fourth-order valence-corrected chi connectivity index (χ4v) is 3.94. The predicted molar refractivity (Wildman–Crippen MR) is 98.8 cm³/mol. The van der Waals surface area contributed by atoms with E-state index in [9.17, 15) is 14.4 Å². The Balaban J connectivity index is 1.62. The van der Waals surface area contributed by atoms with Crippen LogP contribution in [-0.4, -0.2) is 47.8 Å². The zero-order valence-electron chi connectivity index (χ0n) is 15.5. The molecule has 26 heavy (non-hydrogen) atoms. The molecular weight excluding hydrogens is 330 g/mol. The molecule has 2 saturated heterocycles. The lowest BCUT2D eigenvalue weighted by Gasteiger charge is -2.36. The zero-order chi connectivity index (χ0) is 18.7. The number of nitrogens with one attached hydrogen (secondary N) is 2. The van der Waals surface area contributed by atoms with Gasteiger partial charge in [-0.25, -0.2) is 0 Å². The van der Waals surface area contributed by atoms with Gasteiger partial charge in [0.15, 0.2) is 0 Å². The number of hydrogen-bond donors (Lipinski definition) is 2. The lowest BCUT2D eigenvalue weighted by atomic mass is 9.99. The van der Waals surface area contributed by atoms with Crippen molar-refractivity contribution in [1.29, 1.82) is 0 Å². The number of nitrogens with zero attached hydrogens (tertiary/aromatic N) is 1. The molecule has 0 aliphatic carbocycles. The van der Waals surface area contributed by atoms with Crippen molar-refractivity contribution < 1.29 is 14.4 Å². The molecule has 2 fully saturated rings. The van der Waals surface area contributed by atoms with E-state index in [0.29, 0.717) is 25.9 Å². The Kier molecular flexibility index (Phi) is 5.59. The fourth-order valence-electron chi connectivity index (χ4n) is 3.94. The quantitative estimate of drug-likeness (QED) is 0.864. The van der Waals surface area contributed by atoms with Gasteiger partial charge < -0.3 is 15.5 Å². The molecule has 0 aromatic heterocycles. The molecule has 1 aromatic carbocycles. The third-order valence-electron chi connectivity index (χ3n) is 5.31. The van der Waals surface area contributed by atoms with Crippen molar-refractivity contribution in [2.24, 2.45) is 0 Å². The van der Waals surface area contributed by atoms with Crippen LogP contribution in [0.25, 0.3) is 0 Å². The largest absolute Gasteiger partial charge is 0.348 e. The topological polar surface area (TPSA) is 78.5 Å². The number of rotatable bonds is 3. The number of carbonyl (C=O) groups excluding carboxylic acids is 3.